The van der Waals surface area contributed by atoms with E-state index in [1.165, 1.54) is 5.56 Å². The van der Waals surface area contributed by atoms with Crippen LogP contribution in [-0.4, -0.2) is 16.0 Å². The second-order valence-corrected chi connectivity index (χ2v) is 8.45. The maximum Gasteiger partial charge on any atom is 0.255 e. The van der Waals surface area contributed by atoms with Crippen LogP contribution in [0.3, 0.4) is 0 Å². The van der Waals surface area contributed by atoms with E-state index in [0.717, 1.165) is 31.2 Å². The zero-order valence-corrected chi connectivity index (χ0v) is 17.3. The molecule has 0 saturated heterocycles. The smallest absolute Gasteiger partial charge is 0.255 e. The van der Waals surface area contributed by atoms with Crippen molar-refractivity contribution in [2.24, 2.45) is 11.8 Å². The fraction of sp³-hybridized carbons (Fsp3) is 0.360. The number of pyridine rings is 1. The van der Waals surface area contributed by atoms with Gasteiger partial charge in [-0.15, -0.1) is 0 Å². The van der Waals surface area contributed by atoms with Crippen molar-refractivity contribution in [3.63, 3.8) is 0 Å². The number of H-pyrrole nitrogens is 1. The molecule has 1 aliphatic rings. The van der Waals surface area contributed by atoms with E-state index in [-0.39, 0.29) is 23.1 Å². The number of fused-ring (bicyclic) bond motifs is 1. The second-order valence-electron chi connectivity index (χ2n) is 8.45. The van der Waals surface area contributed by atoms with Crippen molar-refractivity contribution in [3.05, 3.63) is 75.6 Å². The number of aromatic nitrogens is 1. The second kappa shape index (κ2) is 8.74. The van der Waals surface area contributed by atoms with E-state index in [2.05, 4.69) is 22.4 Å². The van der Waals surface area contributed by atoms with Crippen LogP contribution >= 0.6 is 0 Å². The maximum absolute atomic E-state index is 12.6. The summed E-state index contributed by atoms with van der Waals surface area (Å²) in [4.78, 5) is 27.9. The van der Waals surface area contributed by atoms with Crippen LogP contribution in [0.1, 0.15) is 42.4 Å². The summed E-state index contributed by atoms with van der Waals surface area (Å²) >= 11 is 0. The topological polar surface area (TPSA) is 82.2 Å². The van der Waals surface area contributed by atoms with Crippen LogP contribution in [0.25, 0.3) is 10.9 Å². The van der Waals surface area contributed by atoms with Crippen LogP contribution < -0.4 is 10.9 Å². The first-order valence-corrected chi connectivity index (χ1v) is 10.7. The molecule has 1 aromatic heterocycles. The summed E-state index contributed by atoms with van der Waals surface area (Å²) in [5.41, 5.74) is 3.20. The summed E-state index contributed by atoms with van der Waals surface area (Å²) in [6, 6.07) is 15.5. The van der Waals surface area contributed by atoms with Gasteiger partial charge in [0.15, 0.2) is 0 Å². The van der Waals surface area contributed by atoms with Gasteiger partial charge in [0, 0.05) is 17.8 Å². The first-order valence-electron chi connectivity index (χ1n) is 10.7. The Morgan fingerprint density at radius 3 is 2.50 bits per heavy atom. The average Bonchev–Trinajstić information content (AvgIpc) is 2.76. The standard InChI is InChI=1S/C25H28N2O3/c1-16-6-8-18(9-7-16)15-26-24(29)19-12-10-17(11-13-19)14-21-23(28)20-4-2-3-5-22(20)27-25(21)30/h2-9,17,19H,10-15H2,1H3,(H,26,29)(H2,27,28,30). The molecule has 0 spiro atoms. The zero-order chi connectivity index (χ0) is 21.1. The van der Waals surface area contributed by atoms with Gasteiger partial charge in [0.25, 0.3) is 5.56 Å². The lowest BCUT2D eigenvalue weighted by Gasteiger charge is -2.28. The molecule has 1 fully saturated rings. The molecule has 3 aromatic rings. The molecule has 3 N–H and O–H groups in total. The summed E-state index contributed by atoms with van der Waals surface area (Å²) in [7, 11) is 0. The SMILES string of the molecule is Cc1ccc(CNC(=O)C2CCC(Cc3c(O)c4ccccc4[nH]c3=O)CC2)cc1. The molecule has 5 nitrogen and oxygen atoms in total. The van der Waals surface area contributed by atoms with Gasteiger partial charge in [-0.1, -0.05) is 42.0 Å². The fourth-order valence-corrected chi connectivity index (χ4v) is 4.41. The third-order valence-corrected chi connectivity index (χ3v) is 6.29. The van der Waals surface area contributed by atoms with Gasteiger partial charge in [-0.2, -0.15) is 0 Å². The molecule has 0 aliphatic heterocycles. The molecule has 0 bridgehead atoms. The molecular formula is C25H28N2O3. The number of rotatable bonds is 5. The molecule has 1 saturated carbocycles. The molecule has 0 radical (unpaired) electrons. The van der Waals surface area contributed by atoms with Gasteiger partial charge in [0.05, 0.1) is 11.1 Å². The molecule has 30 heavy (non-hydrogen) atoms. The predicted molar refractivity (Wildman–Crippen MR) is 118 cm³/mol. The number of carbonyl (C=O) groups is 1. The van der Waals surface area contributed by atoms with Gasteiger partial charge < -0.3 is 15.4 Å². The number of aryl methyl sites for hydroxylation is 1. The highest BCUT2D eigenvalue weighted by atomic mass is 16.3. The van der Waals surface area contributed by atoms with Crippen molar-refractivity contribution in [2.75, 3.05) is 0 Å². The Morgan fingerprint density at radius 2 is 1.77 bits per heavy atom. The molecule has 0 atom stereocenters. The minimum absolute atomic E-state index is 0.0233. The van der Waals surface area contributed by atoms with E-state index < -0.39 is 0 Å². The van der Waals surface area contributed by atoms with Crippen molar-refractivity contribution in [3.8, 4) is 5.75 Å². The molecule has 1 amide bonds. The largest absolute Gasteiger partial charge is 0.507 e. The van der Waals surface area contributed by atoms with Gasteiger partial charge in [-0.05, 0) is 62.6 Å². The van der Waals surface area contributed by atoms with Crippen molar-refractivity contribution in [1.82, 2.24) is 10.3 Å². The number of hydrogen-bond donors (Lipinski definition) is 3. The van der Waals surface area contributed by atoms with Crippen molar-refractivity contribution in [2.45, 2.75) is 45.6 Å². The van der Waals surface area contributed by atoms with Gasteiger partial charge in [0.1, 0.15) is 5.75 Å². The first-order chi connectivity index (χ1) is 14.5. The van der Waals surface area contributed by atoms with Crippen LogP contribution in [0.4, 0.5) is 0 Å². The third kappa shape index (κ3) is 4.40. The number of para-hydroxylation sites is 1. The van der Waals surface area contributed by atoms with Crippen molar-refractivity contribution in [1.29, 1.82) is 0 Å². The zero-order valence-electron chi connectivity index (χ0n) is 17.3. The number of nitrogens with one attached hydrogen (secondary N) is 2. The number of benzene rings is 2. The van der Waals surface area contributed by atoms with Crippen molar-refractivity contribution >= 4 is 16.8 Å². The summed E-state index contributed by atoms with van der Waals surface area (Å²) in [6.45, 7) is 2.60. The number of aromatic amines is 1. The lowest BCUT2D eigenvalue weighted by atomic mass is 9.79. The van der Waals surface area contributed by atoms with Crippen molar-refractivity contribution < 1.29 is 9.90 Å². The Labute approximate surface area is 176 Å². The number of aromatic hydroxyl groups is 1. The molecule has 0 unspecified atom stereocenters. The summed E-state index contributed by atoms with van der Waals surface area (Å²) in [6.07, 6.45) is 3.94. The average molecular weight is 405 g/mol. The van der Waals surface area contributed by atoms with E-state index in [1.807, 2.05) is 37.3 Å². The quantitative estimate of drug-likeness (QED) is 0.596. The third-order valence-electron chi connectivity index (χ3n) is 6.29. The Hall–Kier alpha value is -3.08. The van der Waals surface area contributed by atoms with Crippen LogP contribution in [0.2, 0.25) is 0 Å². The van der Waals surface area contributed by atoms with Gasteiger partial charge >= 0.3 is 0 Å². The predicted octanol–water partition coefficient (Wildman–Crippen LogP) is 4.21. The Bertz CT molecular complexity index is 1090. The molecule has 1 aliphatic carbocycles. The molecule has 156 valence electrons. The van der Waals surface area contributed by atoms with Gasteiger partial charge in [-0.3, -0.25) is 9.59 Å². The first kappa shape index (κ1) is 20.2. The Kier molecular flexibility index (Phi) is 5.88. The van der Waals surface area contributed by atoms with Gasteiger partial charge in [-0.25, -0.2) is 0 Å². The van der Waals surface area contributed by atoms with E-state index in [1.54, 1.807) is 6.07 Å². The Morgan fingerprint density at radius 1 is 1.07 bits per heavy atom. The minimum atomic E-state index is -0.218. The van der Waals surface area contributed by atoms with E-state index in [4.69, 9.17) is 0 Å². The fourth-order valence-electron chi connectivity index (χ4n) is 4.41. The summed E-state index contributed by atoms with van der Waals surface area (Å²) < 4.78 is 0. The summed E-state index contributed by atoms with van der Waals surface area (Å²) in [5, 5.41) is 14.3. The van der Waals surface area contributed by atoms with E-state index in [9.17, 15) is 14.7 Å². The number of hydrogen-bond acceptors (Lipinski definition) is 3. The normalized spacial score (nSPS) is 19.0. The lowest BCUT2D eigenvalue weighted by Crippen LogP contribution is -2.33. The van der Waals surface area contributed by atoms with Crippen LogP contribution in [0, 0.1) is 18.8 Å². The lowest BCUT2D eigenvalue weighted by molar-refractivity contribution is -0.126. The van der Waals surface area contributed by atoms with Crippen LogP contribution in [0.15, 0.2) is 53.3 Å². The van der Waals surface area contributed by atoms with Gasteiger partial charge in [0.2, 0.25) is 5.91 Å². The molecule has 2 aromatic carbocycles. The highest BCUT2D eigenvalue weighted by Gasteiger charge is 2.27. The molecular weight excluding hydrogens is 376 g/mol. The highest BCUT2D eigenvalue weighted by molar-refractivity contribution is 5.85. The molecule has 4 rings (SSSR count). The summed E-state index contributed by atoms with van der Waals surface area (Å²) in [5.74, 6) is 0.530. The van der Waals surface area contributed by atoms with E-state index in [0.29, 0.717) is 35.3 Å². The van der Waals surface area contributed by atoms with Crippen LogP contribution in [-0.2, 0) is 17.8 Å². The maximum atomic E-state index is 12.6. The minimum Gasteiger partial charge on any atom is -0.507 e. The van der Waals surface area contributed by atoms with E-state index >= 15 is 0 Å². The molecule has 1 heterocycles. The Balaban J connectivity index is 1.33. The monoisotopic (exact) mass is 404 g/mol. The molecule has 5 heteroatoms. The number of amides is 1. The van der Waals surface area contributed by atoms with Crippen LogP contribution in [0.5, 0.6) is 5.75 Å². The highest BCUT2D eigenvalue weighted by Crippen LogP contribution is 2.33. The number of carbonyl (C=O) groups excluding carboxylic acids is 1.